The zero-order valence-electron chi connectivity index (χ0n) is 14.7. The van der Waals surface area contributed by atoms with E-state index in [1.807, 2.05) is 48.5 Å². The van der Waals surface area contributed by atoms with E-state index in [0.717, 1.165) is 24.5 Å². The Labute approximate surface area is 158 Å². The van der Waals surface area contributed by atoms with Crippen molar-refractivity contribution in [3.8, 4) is 5.69 Å². The first-order valence-corrected chi connectivity index (χ1v) is 10.2. The topological polar surface area (TPSA) is 76.5 Å². The van der Waals surface area contributed by atoms with Gasteiger partial charge in [0.15, 0.2) is 0 Å². The van der Waals surface area contributed by atoms with Crippen molar-refractivity contribution in [3.63, 3.8) is 0 Å². The highest BCUT2D eigenvalue weighted by Crippen LogP contribution is 2.23. The van der Waals surface area contributed by atoms with Crippen LogP contribution < -0.4 is 9.62 Å². The molecule has 0 unspecified atom stereocenters. The molecule has 1 aliphatic rings. The van der Waals surface area contributed by atoms with E-state index < -0.39 is 10.0 Å². The Bertz CT molecular complexity index is 1010. The fourth-order valence-electron chi connectivity index (χ4n) is 2.97. The molecule has 1 aromatic heterocycles. The van der Waals surface area contributed by atoms with Crippen molar-refractivity contribution in [2.24, 2.45) is 0 Å². The van der Waals surface area contributed by atoms with Gasteiger partial charge in [0.2, 0.25) is 0 Å². The van der Waals surface area contributed by atoms with E-state index in [2.05, 4.69) is 14.7 Å². The molecule has 27 heavy (non-hydrogen) atoms. The first kappa shape index (κ1) is 17.6. The van der Waals surface area contributed by atoms with Gasteiger partial charge in [-0.3, -0.25) is 4.72 Å². The van der Waals surface area contributed by atoms with Gasteiger partial charge < -0.3 is 9.64 Å². The number of morpholine rings is 1. The summed E-state index contributed by atoms with van der Waals surface area (Å²) >= 11 is 0. The number of aromatic nitrogens is 2. The van der Waals surface area contributed by atoms with Crippen LogP contribution in [0, 0.1) is 0 Å². The van der Waals surface area contributed by atoms with Crippen LogP contribution in [0.25, 0.3) is 5.69 Å². The molecule has 2 heterocycles. The smallest absolute Gasteiger partial charge is 0.265 e. The Kier molecular flexibility index (Phi) is 4.83. The third-order valence-corrected chi connectivity index (χ3v) is 5.70. The number of para-hydroxylation sites is 1. The van der Waals surface area contributed by atoms with Gasteiger partial charge in [-0.05, 0) is 30.3 Å². The molecule has 0 spiro atoms. The van der Waals surface area contributed by atoms with Crippen LogP contribution in [0.1, 0.15) is 0 Å². The first-order valence-electron chi connectivity index (χ1n) is 8.67. The summed E-state index contributed by atoms with van der Waals surface area (Å²) in [6, 6.07) is 16.8. The van der Waals surface area contributed by atoms with Crippen molar-refractivity contribution in [2.75, 3.05) is 35.9 Å². The molecule has 7 nitrogen and oxygen atoms in total. The minimum Gasteiger partial charge on any atom is -0.378 e. The number of nitrogens with one attached hydrogen (secondary N) is 1. The lowest BCUT2D eigenvalue weighted by Crippen LogP contribution is -2.36. The Morgan fingerprint density at radius 1 is 0.963 bits per heavy atom. The summed E-state index contributed by atoms with van der Waals surface area (Å²) in [6.07, 6.45) is 2.85. The van der Waals surface area contributed by atoms with Gasteiger partial charge in [0.1, 0.15) is 4.90 Å². The summed E-state index contributed by atoms with van der Waals surface area (Å²) in [5.74, 6) is 0. The van der Waals surface area contributed by atoms with Crippen LogP contribution in [0.3, 0.4) is 0 Å². The van der Waals surface area contributed by atoms with Crippen molar-refractivity contribution in [2.45, 2.75) is 4.90 Å². The Balaban J connectivity index is 1.54. The van der Waals surface area contributed by atoms with Gasteiger partial charge in [0, 0.05) is 18.8 Å². The average Bonchev–Trinajstić information content (AvgIpc) is 3.21. The minimum atomic E-state index is -3.72. The molecule has 1 aliphatic heterocycles. The zero-order valence-corrected chi connectivity index (χ0v) is 15.5. The number of rotatable bonds is 5. The van der Waals surface area contributed by atoms with E-state index >= 15 is 0 Å². The number of hydrogen-bond donors (Lipinski definition) is 1. The summed E-state index contributed by atoms with van der Waals surface area (Å²) in [5, 5.41) is 4.16. The van der Waals surface area contributed by atoms with Crippen LogP contribution in [-0.2, 0) is 14.8 Å². The summed E-state index contributed by atoms with van der Waals surface area (Å²) in [7, 11) is -3.72. The van der Waals surface area contributed by atoms with Crippen molar-refractivity contribution in [1.82, 2.24) is 9.78 Å². The standard InChI is InChI=1S/C19H20N4O3S/c24-27(25,19-14-20-23(15-19)17-6-2-1-3-7-17)21-16-5-4-8-18(13-16)22-9-11-26-12-10-22/h1-8,13-15,21H,9-12H2. The molecule has 1 N–H and O–H groups in total. The average molecular weight is 384 g/mol. The Morgan fingerprint density at radius 2 is 1.70 bits per heavy atom. The highest BCUT2D eigenvalue weighted by Gasteiger charge is 2.18. The van der Waals surface area contributed by atoms with E-state index in [4.69, 9.17) is 4.74 Å². The van der Waals surface area contributed by atoms with Crippen LogP contribution in [0.2, 0.25) is 0 Å². The van der Waals surface area contributed by atoms with E-state index in [9.17, 15) is 8.42 Å². The van der Waals surface area contributed by atoms with Gasteiger partial charge in [-0.25, -0.2) is 13.1 Å². The predicted molar refractivity (Wildman–Crippen MR) is 104 cm³/mol. The van der Waals surface area contributed by atoms with E-state index in [-0.39, 0.29) is 4.90 Å². The summed E-state index contributed by atoms with van der Waals surface area (Å²) in [5.41, 5.74) is 2.29. The Hall–Kier alpha value is -2.84. The van der Waals surface area contributed by atoms with Crippen LogP contribution >= 0.6 is 0 Å². The largest absolute Gasteiger partial charge is 0.378 e. The fraction of sp³-hybridized carbons (Fsp3) is 0.211. The lowest BCUT2D eigenvalue weighted by Gasteiger charge is -2.29. The second kappa shape index (κ2) is 7.42. The van der Waals surface area contributed by atoms with Gasteiger partial charge in [0.05, 0.1) is 37.0 Å². The molecular formula is C19H20N4O3S. The van der Waals surface area contributed by atoms with Crippen molar-refractivity contribution >= 4 is 21.4 Å². The van der Waals surface area contributed by atoms with E-state index in [0.29, 0.717) is 18.9 Å². The number of benzene rings is 2. The molecular weight excluding hydrogens is 364 g/mol. The lowest BCUT2D eigenvalue weighted by atomic mass is 10.2. The summed E-state index contributed by atoms with van der Waals surface area (Å²) in [4.78, 5) is 2.29. The maximum atomic E-state index is 12.7. The molecule has 0 saturated carbocycles. The normalized spacial score (nSPS) is 14.9. The number of hydrogen-bond acceptors (Lipinski definition) is 5. The number of sulfonamides is 1. The molecule has 1 fully saturated rings. The van der Waals surface area contributed by atoms with Gasteiger partial charge in [-0.2, -0.15) is 5.10 Å². The maximum absolute atomic E-state index is 12.7. The quantitative estimate of drug-likeness (QED) is 0.731. The summed E-state index contributed by atoms with van der Waals surface area (Å²) < 4.78 is 35.0. The second-order valence-electron chi connectivity index (χ2n) is 6.21. The third kappa shape index (κ3) is 3.96. The molecule has 1 saturated heterocycles. The van der Waals surface area contributed by atoms with Crippen molar-refractivity contribution in [3.05, 3.63) is 67.0 Å². The number of anilines is 2. The van der Waals surface area contributed by atoms with Gasteiger partial charge >= 0.3 is 0 Å². The SMILES string of the molecule is O=S(=O)(Nc1cccc(N2CCOCC2)c1)c1cnn(-c2ccccc2)c1. The molecule has 8 heteroatoms. The van der Waals surface area contributed by atoms with Gasteiger partial charge in [-0.15, -0.1) is 0 Å². The Morgan fingerprint density at radius 3 is 2.48 bits per heavy atom. The van der Waals surface area contributed by atoms with E-state index in [1.165, 1.54) is 12.4 Å². The third-order valence-electron chi connectivity index (χ3n) is 4.36. The summed E-state index contributed by atoms with van der Waals surface area (Å²) in [6.45, 7) is 2.93. The molecule has 0 bridgehead atoms. The van der Waals surface area contributed by atoms with Crippen LogP contribution in [0.5, 0.6) is 0 Å². The molecule has 0 atom stereocenters. The number of nitrogens with zero attached hydrogens (tertiary/aromatic N) is 3. The predicted octanol–water partition coefficient (Wildman–Crippen LogP) is 2.51. The lowest BCUT2D eigenvalue weighted by molar-refractivity contribution is 0.122. The highest BCUT2D eigenvalue weighted by molar-refractivity contribution is 7.92. The van der Waals surface area contributed by atoms with Gasteiger partial charge in [-0.1, -0.05) is 24.3 Å². The molecule has 4 rings (SSSR count). The molecule has 0 amide bonds. The fourth-order valence-corrected chi connectivity index (χ4v) is 3.95. The first-order chi connectivity index (χ1) is 13.1. The molecule has 0 aliphatic carbocycles. The molecule has 140 valence electrons. The number of ether oxygens (including phenoxy) is 1. The minimum absolute atomic E-state index is 0.114. The van der Waals surface area contributed by atoms with E-state index in [1.54, 1.807) is 10.7 Å². The van der Waals surface area contributed by atoms with Crippen LogP contribution in [0.4, 0.5) is 11.4 Å². The van der Waals surface area contributed by atoms with Crippen molar-refractivity contribution in [1.29, 1.82) is 0 Å². The second-order valence-corrected chi connectivity index (χ2v) is 7.89. The van der Waals surface area contributed by atoms with Crippen LogP contribution in [-0.4, -0.2) is 44.5 Å². The van der Waals surface area contributed by atoms with Crippen LogP contribution in [0.15, 0.2) is 71.9 Å². The molecule has 0 radical (unpaired) electrons. The highest BCUT2D eigenvalue weighted by atomic mass is 32.2. The van der Waals surface area contributed by atoms with Gasteiger partial charge in [0.25, 0.3) is 10.0 Å². The maximum Gasteiger partial charge on any atom is 0.265 e. The zero-order chi connectivity index (χ0) is 18.7. The monoisotopic (exact) mass is 384 g/mol. The molecule has 3 aromatic rings. The van der Waals surface area contributed by atoms with Crippen molar-refractivity contribution < 1.29 is 13.2 Å². The molecule has 2 aromatic carbocycles.